The molecule has 4 nitrogen and oxygen atoms in total. The zero-order valence-electron chi connectivity index (χ0n) is 12.7. The molecule has 3 rings (SSSR count). The second kappa shape index (κ2) is 7.11. The molecule has 118 valence electrons. The highest BCUT2D eigenvalue weighted by Crippen LogP contribution is 2.29. The van der Waals surface area contributed by atoms with Crippen molar-refractivity contribution in [3.63, 3.8) is 0 Å². The van der Waals surface area contributed by atoms with Crippen LogP contribution < -0.4 is 4.74 Å². The molecule has 0 aliphatic carbocycles. The van der Waals surface area contributed by atoms with Crippen LogP contribution in [0.2, 0.25) is 0 Å². The zero-order chi connectivity index (χ0) is 16.1. The number of hydrogen-bond acceptors (Lipinski definition) is 4. The Bertz CT molecular complexity index is 719. The average Bonchev–Trinajstić information content (AvgIpc) is 2.61. The van der Waals surface area contributed by atoms with Gasteiger partial charge in [-0.05, 0) is 35.3 Å². The highest BCUT2D eigenvalue weighted by molar-refractivity contribution is 5.83. The number of phenolic OH excluding ortho intramolecular Hbond substituents is 1. The van der Waals surface area contributed by atoms with Crippen molar-refractivity contribution >= 4 is 11.9 Å². The molecule has 1 N–H and O–H groups in total. The van der Waals surface area contributed by atoms with Gasteiger partial charge < -0.3 is 14.6 Å². The van der Waals surface area contributed by atoms with Crippen LogP contribution in [0.4, 0.5) is 0 Å². The number of hydrogen-bond donors (Lipinski definition) is 1. The molecule has 1 heterocycles. The van der Waals surface area contributed by atoms with Gasteiger partial charge in [0.25, 0.3) is 0 Å². The lowest BCUT2D eigenvalue weighted by Gasteiger charge is -2.22. The molecule has 2 aromatic rings. The second-order valence-corrected chi connectivity index (χ2v) is 5.35. The molecule has 0 bridgehead atoms. The number of benzene rings is 2. The molecule has 0 aromatic heterocycles. The summed E-state index contributed by atoms with van der Waals surface area (Å²) in [5.74, 6) is 0.327. The zero-order valence-corrected chi connectivity index (χ0v) is 12.7. The second-order valence-electron chi connectivity index (χ2n) is 5.35. The van der Waals surface area contributed by atoms with E-state index >= 15 is 0 Å². The summed E-state index contributed by atoms with van der Waals surface area (Å²) in [6.07, 6.45) is 1.40. The van der Waals surface area contributed by atoms with Gasteiger partial charge in [0, 0.05) is 0 Å². The minimum atomic E-state index is -0.0678. The summed E-state index contributed by atoms with van der Waals surface area (Å²) in [6, 6.07) is 14.9. The standard InChI is InChI=1S/C19H18O4/c20-11-16-18(21)7-4-8-19(16)23-12-15-9-10-22-13-17(15)14-5-2-1-3-6-14/h1-8,11,21H,9-10,12-13H2. The van der Waals surface area contributed by atoms with Crippen LogP contribution in [-0.4, -0.2) is 31.2 Å². The fraction of sp³-hybridized carbons (Fsp3) is 0.211. The Morgan fingerprint density at radius 3 is 2.74 bits per heavy atom. The molecule has 1 aliphatic rings. The van der Waals surface area contributed by atoms with Gasteiger partial charge in [-0.1, -0.05) is 36.4 Å². The summed E-state index contributed by atoms with van der Waals surface area (Å²) < 4.78 is 11.4. The van der Waals surface area contributed by atoms with Gasteiger partial charge in [-0.2, -0.15) is 0 Å². The van der Waals surface area contributed by atoms with Crippen molar-refractivity contribution in [3.8, 4) is 11.5 Å². The van der Waals surface area contributed by atoms with E-state index in [4.69, 9.17) is 9.47 Å². The predicted octanol–water partition coefficient (Wildman–Crippen LogP) is 3.46. The van der Waals surface area contributed by atoms with E-state index in [1.54, 1.807) is 12.1 Å². The van der Waals surface area contributed by atoms with Crippen LogP contribution in [0, 0.1) is 0 Å². The van der Waals surface area contributed by atoms with Gasteiger partial charge in [-0.25, -0.2) is 0 Å². The summed E-state index contributed by atoms with van der Waals surface area (Å²) in [4.78, 5) is 11.1. The smallest absolute Gasteiger partial charge is 0.157 e. The highest BCUT2D eigenvalue weighted by atomic mass is 16.5. The molecule has 0 fully saturated rings. The molecule has 0 atom stereocenters. The van der Waals surface area contributed by atoms with Crippen molar-refractivity contribution in [1.82, 2.24) is 0 Å². The topological polar surface area (TPSA) is 55.8 Å². The third kappa shape index (κ3) is 3.43. The number of rotatable bonds is 5. The molecule has 0 saturated carbocycles. The van der Waals surface area contributed by atoms with Crippen molar-refractivity contribution in [2.45, 2.75) is 6.42 Å². The van der Waals surface area contributed by atoms with Crippen LogP contribution in [0.15, 0.2) is 54.1 Å². The maximum absolute atomic E-state index is 11.1. The molecule has 0 amide bonds. The Balaban J connectivity index is 1.84. The Labute approximate surface area is 135 Å². The Morgan fingerprint density at radius 1 is 1.13 bits per heavy atom. The number of aldehydes is 1. The molecular formula is C19H18O4. The normalized spacial score (nSPS) is 14.6. The minimum absolute atomic E-state index is 0.0678. The maximum Gasteiger partial charge on any atom is 0.157 e. The van der Waals surface area contributed by atoms with Crippen molar-refractivity contribution < 1.29 is 19.4 Å². The predicted molar refractivity (Wildman–Crippen MR) is 87.8 cm³/mol. The lowest BCUT2D eigenvalue weighted by molar-refractivity contribution is 0.111. The van der Waals surface area contributed by atoms with Gasteiger partial charge in [0.15, 0.2) is 6.29 Å². The van der Waals surface area contributed by atoms with Gasteiger partial charge >= 0.3 is 0 Å². The third-order valence-electron chi connectivity index (χ3n) is 3.91. The molecule has 2 aromatic carbocycles. The summed E-state index contributed by atoms with van der Waals surface area (Å²) in [6.45, 7) is 1.59. The van der Waals surface area contributed by atoms with E-state index in [0.717, 1.165) is 23.1 Å². The monoisotopic (exact) mass is 310 g/mol. The first-order valence-corrected chi connectivity index (χ1v) is 7.53. The van der Waals surface area contributed by atoms with E-state index in [2.05, 4.69) is 12.1 Å². The molecule has 0 unspecified atom stereocenters. The molecule has 1 aliphatic heterocycles. The number of carbonyl (C=O) groups is 1. The molecule has 4 heteroatoms. The Morgan fingerprint density at radius 2 is 1.96 bits per heavy atom. The number of carbonyl (C=O) groups excluding carboxylic acids is 1. The SMILES string of the molecule is O=Cc1c(O)cccc1OCC1=C(c2ccccc2)COCC1. The number of aromatic hydroxyl groups is 1. The quantitative estimate of drug-likeness (QED) is 0.859. The van der Waals surface area contributed by atoms with E-state index in [1.165, 1.54) is 6.07 Å². The Kier molecular flexibility index (Phi) is 4.74. The minimum Gasteiger partial charge on any atom is -0.507 e. The van der Waals surface area contributed by atoms with Gasteiger partial charge in [-0.3, -0.25) is 4.79 Å². The molecule has 23 heavy (non-hydrogen) atoms. The largest absolute Gasteiger partial charge is 0.507 e. The first-order valence-electron chi connectivity index (χ1n) is 7.53. The maximum atomic E-state index is 11.1. The van der Waals surface area contributed by atoms with Crippen LogP contribution in [0.3, 0.4) is 0 Å². The van der Waals surface area contributed by atoms with Crippen LogP contribution in [0.25, 0.3) is 5.57 Å². The summed E-state index contributed by atoms with van der Waals surface area (Å²) >= 11 is 0. The number of ether oxygens (including phenoxy) is 2. The lowest BCUT2D eigenvalue weighted by atomic mass is 9.97. The van der Waals surface area contributed by atoms with Crippen molar-refractivity contribution in [2.24, 2.45) is 0 Å². The third-order valence-corrected chi connectivity index (χ3v) is 3.91. The van der Waals surface area contributed by atoms with Crippen molar-refractivity contribution in [3.05, 3.63) is 65.2 Å². The van der Waals surface area contributed by atoms with Crippen molar-refractivity contribution in [2.75, 3.05) is 19.8 Å². The van der Waals surface area contributed by atoms with E-state index in [1.807, 2.05) is 18.2 Å². The fourth-order valence-electron chi connectivity index (χ4n) is 2.65. The van der Waals surface area contributed by atoms with Gasteiger partial charge in [0.2, 0.25) is 0 Å². The van der Waals surface area contributed by atoms with Gasteiger partial charge in [-0.15, -0.1) is 0 Å². The van der Waals surface area contributed by atoms with Gasteiger partial charge in [0.1, 0.15) is 18.1 Å². The summed E-state index contributed by atoms with van der Waals surface area (Å²) in [7, 11) is 0. The van der Waals surface area contributed by atoms with E-state index in [0.29, 0.717) is 31.9 Å². The van der Waals surface area contributed by atoms with Crippen LogP contribution >= 0.6 is 0 Å². The fourth-order valence-corrected chi connectivity index (χ4v) is 2.65. The molecule has 0 saturated heterocycles. The van der Waals surface area contributed by atoms with Crippen LogP contribution in [-0.2, 0) is 4.74 Å². The number of phenols is 1. The lowest BCUT2D eigenvalue weighted by Crippen LogP contribution is -2.15. The average molecular weight is 310 g/mol. The van der Waals surface area contributed by atoms with Gasteiger partial charge in [0.05, 0.1) is 18.8 Å². The first kappa shape index (κ1) is 15.3. The van der Waals surface area contributed by atoms with Crippen LogP contribution in [0.5, 0.6) is 11.5 Å². The Hall–Kier alpha value is -2.59. The van der Waals surface area contributed by atoms with E-state index in [9.17, 15) is 9.90 Å². The molecule has 0 spiro atoms. The van der Waals surface area contributed by atoms with Crippen LogP contribution in [0.1, 0.15) is 22.3 Å². The molecular weight excluding hydrogens is 292 g/mol. The summed E-state index contributed by atoms with van der Waals surface area (Å²) in [5.41, 5.74) is 3.59. The van der Waals surface area contributed by atoms with Crippen molar-refractivity contribution in [1.29, 1.82) is 0 Å². The van der Waals surface area contributed by atoms with E-state index in [-0.39, 0.29) is 11.3 Å². The highest BCUT2D eigenvalue weighted by Gasteiger charge is 2.16. The van der Waals surface area contributed by atoms with E-state index < -0.39 is 0 Å². The first-order chi connectivity index (χ1) is 11.3. The molecule has 0 radical (unpaired) electrons. The summed E-state index contributed by atoms with van der Waals surface area (Å²) in [5, 5.41) is 9.72.